The molecule has 0 radical (unpaired) electrons. The number of likely N-dealkylation sites (tertiary alicyclic amines) is 1. The SMILES string of the molecule is COc1cc(CC(=O)N2CC(O)(C(C)C)C2)ccc1C. The number of β-amino-alcohol motifs (C(OH)–C–C–N with tert-alkyl or cyclic N) is 1. The molecule has 0 unspecified atom stereocenters. The monoisotopic (exact) mass is 277 g/mol. The molecule has 2 rings (SSSR count). The van der Waals surface area contributed by atoms with Gasteiger partial charge in [-0.25, -0.2) is 0 Å². The summed E-state index contributed by atoms with van der Waals surface area (Å²) in [5, 5.41) is 10.2. The van der Waals surface area contributed by atoms with Gasteiger partial charge in [-0.2, -0.15) is 0 Å². The average Bonchev–Trinajstić information content (AvgIpc) is 2.36. The van der Waals surface area contributed by atoms with Crippen LogP contribution in [-0.2, 0) is 11.2 Å². The van der Waals surface area contributed by atoms with Crippen molar-refractivity contribution in [2.45, 2.75) is 32.8 Å². The molecule has 1 aromatic rings. The molecule has 1 fully saturated rings. The molecule has 0 aliphatic carbocycles. The number of carbonyl (C=O) groups is 1. The van der Waals surface area contributed by atoms with Gasteiger partial charge in [-0.3, -0.25) is 4.79 Å². The Bertz CT molecular complexity index is 504. The molecule has 1 aliphatic heterocycles. The summed E-state index contributed by atoms with van der Waals surface area (Å²) in [6, 6.07) is 5.81. The van der Waals surface area contributed by atoms with Gasteiger partial charge in [-0.15, -0.1) is 0 Å². The van der Waals surface area contributed by atoms with Crippen molar-refractivity contribution in [3.8, 4) is 5.75 Å². The van der Waals surface area contributed by atoms with Crippen LogP contribution < -0.4 is 4.74 Å². The summed E-state index contributed by atoms with van der Waals surface area (Å²) >= 11 is 0. The maximum absolute atomic E-state index is 12.2. The fourth-order valence-electron chi connectivity index (χ4n) is 2.42. The molecule has 20 heavy (non-hydrogen) atoms. The molecule has 0 spiro atoms. The zero-order valence-corrected chi connectivity index (χ0v) is 12.6. The molecule has 1 aliphatic rings. The standard InChI is InChI=1S/C16H23NO3/c1-11(2)16(19)9-17(10-16)15(18)8-13-6-5-12(3)14(7-13)20-4/h5-7,11,19H,8-10H2,1-4H3. The minimum atomic E-state index is -0.708. The zero-order chi connectivity index (χ0) is 14.9. The van der Waals surface area contributed by atoms with Crippen molar-refractivity contribution < 1.29 is 14.6 Å². The number of hydrogen-bond acceptors (Lipinski definition) is 3. The molecule has 0 atom stereocenters. The van der Waals surface area contributed by atoms with Crippen molar-refractivity contribution in [1.29, 1.82) is 0 Å². The summed E-state index contributed by atoms with van der Waals surface area (Å²) in [5.41, 5.74) is 1.29. The van der Waals surface area contributed by atoms with E-state index in [0.29, 0.717) is 19.5 Å². The molecule has 1 amide bonds. The maximum Gasteiger partial charge on any atom is 0.227 e. The average molecular weight is 277 g/mol. The minimum absolute atomic E-state index is 0.0567. The van der Waals surface area contributed by atoms with Gasteiger partial charge < -0.3 is 14.7 Å². The minimum Gasteiger partial charge on any atom is -0.496 e. The number of methoxy groups -OCH3 is 1. The van der Waals surface area contributed by atoms with Crippen LogP contribution in [0.4, 0.5) is 0 Å². The third kappa shape index (κ3) is 2.80. The van der Waals surface area contributed by atoms with E-state index in [9.17, 15) is 9.90 Å². The first-order valence-electron chi connectivity index (χ1n) is 6.99. The topological polar surface area (TPSA) is 49.8 Å². The number of hydrogen-bond donors (Lipinski definition) is 1. The van der Waals surface area contributed by atoms with Gasteiger partial charge in [0.25, 0.3) is 0 Å². The fourth-order valence-corrected chi connectivity index (χ4v) is 2.42. The molecule has 0 bridgehead atoms. The normalized spacial score (nSPS) is 17.0. The highest BCUT2D eigenvalue weighted by Crippen LogP contribution is 2.29. The second-order valence-corrected chi connectivity index (χ2v) is 5.99. The molecule has 0 saturated carbocycles. The summed E-state index contributed by atoms with van der Waals surface area (Å²) in [6.45, 7) is 6.81. The van der Waals surface area contributed by atoms with E-state index in [-0.39, 0.29) is 11.8 Å². The Morgan fingerprint density at radius 2 is 2.10 bits per heavy atom. The van der Waals surface area contributed by atoms with Crippen LogP contribution >= 0.6 is 0 Å². The number of carbonyl (C=O) groups excluding carboxylic acids is 1. The lowest BCUT2D eigenvalue weighted by atomic mass is 9.82. The van der Waals surface area contributed by atoms with Crippen molar-refractivity contribution in [2.75, 3.05) is 20.2 Å². The second kappa shape index (κ2) is 5.44. The van der Waals surface area contributed by atoms with Crippen LogP contribution in [0.2, 0.25) is 0 Å². The van der Waals surface area contributed by atoms with Gasteiger partial charge in [-0.05, 0) is 30.0 Å². The Kier molecular flexibility index (Phi) is 4.04. The summed E-state index contributed by atoms with van der Waals surface area (Å²) in [5.74, 6) is 1.03. The van der Waals surface area contributed by atoms with Gasteiger partial charge in [0.15, 0.2) is 0 Å². The van der Waals surface area contributed by atoms with Crippen LogP contribution in [0.25, 0.3) is 0 Å². The summed E-state index contributed by atoms with van der Waals surface area (Å²) in [6.07, 6.45) is 0.352. The van der Waals surface area contributed by atoms with Crippen LogP contribution in [-0.4, -0.2) is 41.7 Å². The van der Waals surface area contributed by atoms with Crippen molar-refractivity contribution in [3.05, 3.63) is 29.3 Å². The summed E-state index contributed by atoms with van der Waals surface area (Å²) in [4.78, 5) is 13.9. The summed E-state index contributed by atoms with van der Waals surface area (Å²) in [7, 11) is 1.63. The van der Waals surface area contributed by atoms with Gasteiger partial charge in [-0.1, -0.05) is 26.0 Å². The lowest BCUT2D eigenvalue weighted by Gasteiger charge is -2.49. The van der Waals surface area contributed by atoms with E-state index in [1.165, 1.54) is 0 Å². The number of aliphatic hydroxyl groups is 1. The van der Waals surface area contributed by atoms with Gasteiger partial charge in [0, 0.05) is 0 Å². The van der Waals surface area contributed by atoms with E-state index in [4.69, 9.17) is 4.74 Å². The van der Waals surface area contributed by atoms with Gasteiger partial charge in [0.05, 0.1) is 26.6 Å². The van der Waals surface area contributed by atoms with Crippen molar-refractivity contribution >= 4 is 5.91 Å². The van der Waals surface area contributed by atoms with Crippen LogP contribution in [0.3, 0.4) is 0 Å². The van der Waals surface area contributed by atoms with Crippen molar-refractivity contribution in [3.63, 3.8) is 0 Å². The van der Waals surface area contributed by atoms with Gasteiger partial charge in [0.1, 0.15) is 11.4 Å². The number of amides is 1. The molecular formula is C16H23NO3. The smallest absolute Gasteiger partial charge is 0.227 e. The molecule has 1 saturated heterocycles. The summed E-state index contributed by atoms with van der Waals surface area (Å²) < 4.78 is 5.27. The Hall–Kier alpha value is -1.55. The number of aryl methyl sites for hydroxylation is 1. The second-order valence-electron chi connectivity index (χ2n) is 5.99. The van der Waals surface area contributed by atoms with Gasteiger partial charge >= 0.3 is 0 Å². The fraction of sp³-hybridized carbons (Fsp3) is 0.562. The van der Waals surface area contributed by atoms with Crippen LogP contribution in [0.5, 0.6) is 5.75 Å². The van der Waals surface area contributed by atoms with Crippen molar-refractivity contribution in [1.82, 2.24) is 4.90 Å². The first-order chi connectivity index (χ1) is 9.35. The Morgan fingerprint density at radius 3 is 2.65 bits per heavy atom. The third-order valence-electron chi connectivity index (χ3n) is 4.18. The van der Waals surface area contributed by atoms with Crippen LogP contribution in [0, 0.1) is 12.8 Å². The van der Waals surface area contributed by atoms with E-state index in [1.54, 1.807) is 12.0 Å². The molecular weight excluding hydrogens is 254 g/mol. The number of benzene rings is 1. The predicted molar refractivity (Wildman–Crippen MR) is 77.8 cm³/mol. The zero-order valence-electron chi connectivity index (χ0n) is 12.6. The maximum atomic E-state index is 12.2. The van der Waals surface area contributed by atoms with E-state index >= 15 is 0 Å². The highest BCUT2D eigenvalue weighted by Gasteiger charge is 2.45. The molecule has 1 aromatic carbocycles. The van der Waals surface area contributed by atoms with Crippen LogP contribution in [0.15, 0.2) is 18.2 Å². The van der Waals surface area contributed by atoms with Gasteiger partial charge in [0.2, 0.25) is 5.91 Å². The largest absolute Gasteiger partial charge is 0.496 e. The quantitative estimate of drug-likeness (QED) is 0.912. The highest BCUT2D eigenvalue weighted by molar-refractivity contribution is 5.80. The molecule has 4 heteroatoms. The Balaban J connectivity index is 1.97. The first kappa shape index (κ1) is 14.9. The molecule has 4 nitrogen and oxygen atoms in total. The van der Waals surface area contributed by atoms with E-state index in [0.717, 1.165) is 16.9 Å². The first-order valence-corrected chi connectivity index (χ1v) is 6.99. The van der Waals surface area contributed by atoms with E-state index < -0.39 is 5.60 Å². The predicted octanol–water partition coefficient (Wildman–Crippen LogP) is 1.78. The highest BCUT2D eigenvalue weighted by atomic mass is 16.5. The third-order valence-corrected chi connectivity index (χ3v) is 4.18. The Labute approximate surface area is 120 Å². The molecule has 0 aromatic heterocycles. The number of nitrogens with zero attached hydrogens (tertiary/aromatic N) is 1. The molecule has 1 N–H and O–H groups in total. The lowest BCUT2D eigenvalue weighted by Crippen LogP contribution is -2.66. The number of ether oxygens (including phenoxy) is 1. The van der Waals surface area contributed by atoms with E-state index in [1.807, 2.05) is 39.0 Å². The Morgan fingerprint density at radius 1 is 1.45 bits per heavy atom. The van der Waals surface area contributed by atoms with Crippen LogP contribution in [0.1, 0.15) is 25.0 Å². The lowest BCUT2D eigenvalue weighted by molar-refractivity contribution is -0.163. The van der Waals surface area contributed by atoms with Crippen molar-refractivity contribution in [2.24, 2.45) is 5.92 Å². The molecule has 110 valence electrons. The molecule has 1 heterocycles. The number of rotatable bonds is 4. The van der Waals surface area contributed by atoms with E-state index in [2.05, 4.69) is 0 Å².